The molecule has 3 aromatic rings. The van der Waals surface area contributed by atoms with Gasteiger partial charge < -0.3 is 4.74 Å². The fraction of sp³-hybridized carbons (Fsp3) is 0.367. The van der Waals surface area contributed by atoms with Crippen LogP contribution in [0.2, 0.25) is 0 Å². The lowest BCUT2D eigenvalue weighted by atomic mass is 10.0. The van der Waals surface area contributed by atoms with Crippen LogP contribution in [0, 0.1) is 11.6 Å². The highest BCUT2D eigenvalue weighted by molar-refractivity contribution is 5.82. The minimum absolute atomic E-state index is 0.167. The number of pyridine rings is 1. The van der Waals surface area contributed by atoms with Crippen molar-refractivity contribution in [2.75, 3.05) is 6.61 Å². The van der Waals surface area contributed by atoms with E-state index in [-0.39, 0.29) is 17.2 Å². The van der Waals surface area contributed by atoms with Crippen LogP contribution in [-0.4, -0.2) is 17.7 Å². The van der Waals surface area contributed by atoms with E-state index >= 15 is 0 Å². The molecule has 0 saturated heterocycles. The van der Waals surface area contributed by atoms with Crippen molar-refractivity contribution in [1.29, 1.82) is 0 Å². The second-order valence-electron chi connectivity index (χ2n) is 8.77. The van der Waals surface area contributed by atoms with Gasteiger partial charge in [0, 0.05) is 23.1 Å². The Hall–Kier alpha value is -2.85. The molecular formula is C30H35F2NO. The maximum absolute atomic E-state index is 14.9. The number of allylic oxidation sites excluding steroid dienone is 2. The third-order valence-electron chi connectivity index (χ3n) is 5.95. The smallest absolute Gasteiger partial charge is 0.168 e. The zero-order valence-electron chi connectivity index (χ0n) is 20.3. The van der Waals surface area contributed by atoms with Gasteiger partial charge in [0.25, 0.3) is 0 Å². The molecule has 0 saturated carbocycles. The first-order valence-corrected chi connectivity index (χ1v) is 12.3. The zero-order valence-corrected chi connectivity index (χ0v) is 20.3. The molecule has 0 spiro atoms. The van der Waals surface area contributed by atoms with E-state index < -0.39 is 11.6 Å². The molecule has 1 unspecified atom stereocenters. The van der Waals surface area contributed by atoms with Gasteiger partial charge in [-0.2, -0.15) is 0 Å². The molecule has 0 N–H and O–H groups in total. The molecule has 0 radical (unpaired) electrons. The van der Waals surface area contributed by atoms with Crippen molar-refractivity contribution >= 4 is 17.0 Å². The summed E-state index contributed by atoms with van der Waals surface area (Å²) in [4.78, 5) is 4.55. The van der Waals surface area contributed by atoms with Crippen LogP contribution < -0.4 is 0 Å². The summed E-state index contributed by atoms with van der Waals surface area (Å²) < 4.78 is 35.4. The second-order valence-corrected chi connectivity index (χ2v) is 8.77. The van der Waals surface area contributed by atoms with Gasteiger partial charge in [0.1, 0.15) is 0 Å². The highest BCUT2D eigenvalue weighted by atomic mass is 19.2. The predicted molar refractivity (Wildman–Crippen MR) is 139 cm³/mol. The van der Waals surface area contributed by atoms with Crippen LogP contribution in [0.4, 0.5) is 8.78 Å². The quantitative estimate of drug-likeness (QED) is 0.187. The van der Waals surface area contributed by atoms with Crippen LogP contribution in [0.15, 0.2) is 61.2 Å². The molecule has 0 amide bonds. The average Bonchev–Trinajstić information content (AvgIpc) is 2.84. The summed E-state index contributed by atoms with van der Waals surface area (Å²) in [7, 11) is 0. The lowest BCUT2D eigenvalue weighted by molar-refractivity contribution is 0.0566. The van der Waals surface area contributed by atoms with Crippen molar-refractivity contribution in [2.24, 2.45) is 0 Å². The maximum Gasteiger partial charge on any atom is 0.168 e. The lowest BCUT2D eigenvalue weighted by Crippen LogP contribution is -2.08. The summed E-state index contributed by atoms with van der Waals surface area (Å²) in [6, 6.07) is 12.8. The topological polar surface area (TPSA) is 22.1 Å². The monoisotopic (exact) mass is 463 g/mol. The largest absolute Gasteiger partial charge is 0.379 e. The van der Waals surface area contributed by atoms with Crippen LogP contribution >= 0.6 is 0 Å². The highest BCUT2D eigenvalue weighted by Gasteiger charge is 2.15. The van der Waals surface area contributed by atoms with Gasteiger partial charge >= 0.3 is 0 Å². The molecule has 1 atom stereocenters. The lowest BCUT2D eigenvalue weighted by Gasteiger charge is -2.12. The molecule has 0 fully saturated rings. The van der Waals surface area contributed by atoms with E-state index in [2.05, 4.69) is 25.4 Å². The predicted octanol–water partition coefficient (Wildman–Crippen LogP) is 8.69. The van der Waals surface area contributed by atoms with E-state index in [4.69, 9.17) is 4.74 Å². The third kappa shape index (κ3) is 7.07. The van der Waals surface area contributed by atoms with E-state index in [1.165, 1.54) is 12.8 Å². The number of hydrogen-bond donors (Lipinski definition) is 0. The van der Waals surface area contributed by atoms with Crippen molar-refractivity contribution in [3.63, 3.8) is 0 Å². The van der Waals surface area contributed by atoms with Crippen LogP contribution in [-0.2, 0) is 11.2 Å². The summed E-state index contributed by atoms with van der Waals surface area (Å²) in [5, 5.41) is 0.962. The van der Waals surface area contributed by atoms with Crippen LogP contribution in [0.3, 0.4) is 0 Å². The molecule has 4 heteroatoms. The molecule has 180 valence electrons. The Labute approximate surface area is 202 Å². The van der Waals surface area contributed by atoms with E-state index in [0.29, 0.717) is 5.69 Å². The highest BCUT2D eigenvalue weighted by Crippen LogP contribution is 2.28. The third-order valence-corrected chi connectivity index (χ3v) is 5.95. The fourth-order valence-electron chi connectivity index (χ4n) is 3.96. The number of unbranched alkanes of at least 4 members (excludes halogenated alkanes) is 3. The van der Waals surface area contributed by atoms with Gasteiger partial charge in [-0.25, -0.2) is 13.8 Å². The van der Waals surface area contributed by atoms with Gasteiger partial charge in [-0.15, -0.1) is 6.58 Å². The molecule has 0 aliphatic heterocycles. The van der Waals surface area contributed by atoms with E-state index in [1.54, 1.807) is 24.3 Å². The summed E-state index contributed by atoms with van der Waals surface area (Å²) in [6.07, 6.45) is 12.6. The molecule has 3 rings (SSSR count). The Balaban J connectivity index is 1.61. The molecule has 2 nitrogen and oxygen atoms in total. The molecule has 2 aromatic carbocycles. The Morgan fingerprint density at radius 2 is 1.88 bits per heavy atom. The number of benzene rings is 2. The normalized spacial score (nSPS) is 12.5. The van der Waals surface area contributed by atoms with Gasteiger partial charge in [-0.1, -0.05) is 56.2 Å². The first-order valence-electron chi connectivity index (χ1n) is 12.3. The second kappa shape index (κ2) is 13.1. The first-order chi connectivity index (χ1) is 16.5. The number of aromatic nitrogens is 1. The number of nitrogens with zero attached hydrogens (tertiary/aromatic N) is 1. The van der Waals surface area contributed by atoms with Gasteiger partial charge in [-0.3, -0.25) is 0 Å². The minimum atomic E-state index is -0.869. The number of rotatable bonds is 13. The van der Waals surface area contributed by atoms with Crippen molar-refractivity contribution < 1.29 is 13.5 Å². The van der Waals surface area contributed by atoms with Crippen molar-refractivity contribution in [1.82, 2.24) is 4.98 Å². The van der Waals surface area contributed by atoms with Gasteiger partial charge in [0.05, 0.1) is 17.3 Å². The number of halogens is 2. The van der Waals surface area contributed by atoms with Gasteiger partial charge in [0.2, 0.25) is 0 Å². The van der Waals surface area contributed by atoms with Crippen LogP contribution in [0.25, 0.3) is 28.2 Å². The summed E-state index contributed by atoms with van der Waals surface area (Å²) in [6.45, 7) is 8.84. The fourth-order valence-corrected chi connectivity index (χ4v) is 3.96. The Morgan fingerprint density at radius 1 is 1.03 bits per heavy atom. The molecule has 34 heavy (non-hydrogen) atoms. The molecule has 0 aliphatic carbocycles. The summed E-state index contributed by atoms with van der Waals surface area (Å²) >= 11 is 0. The Kier molecular flexibility index (Phi) is 9.96. The van der Waals surface area contributed by atoms with Crippen molar-refractivity contribution in [3.05, 3.63) is 84.0 Å². The molecule has 0 bridgehead atoms. The van der Waals surface area contributed by atoms with Crippen LogP contribution in [0.1, 0.15) is 63.5 Å². The number of hydrogen-bond acceptors (Lipinski definition) is 2. The van der Waals surface area contributed by atoms with Gasteiger partial charge in [-0.05, 0) is 68.9 Å². The van der Waals surface area contributed by atoms with Crippen molar-refractivity contribution in [3.8, 4) is 11.3 Å². The maximum atomic E-state index is 14.9. The molecule has 0 aliphatic rings. The van der Waals surface area contributed by atoms with Gasteiger partial charge in [0.15, 0.2) is 11.6 Å². The SMILES string of the molecule is C=CCc1ccc2nc(-c3ccc(/C=C/CCCC(C)OCCCCC)c(F)c3F)ccc2c1. The standard InChI is InChI=1S/C30H35F2NO/c1-4-6-10-20-34-22(3)12-8-7-9-13-24-15-17-26(30(32)29(24)31)28-19-16-25-21-23(11-5-2)14-18-27(25)33-28/h5,9,13-19,21-22H,2,4,6-8,10-12,20H2,1,3H3/b13-9+. The number of fused-ring (bicyclic) bond motifs is 1. The average molecular weight is 464 g/mol. The van der Waals surface area contributed by atoms with Crippen LogP contribution in [0.5, 0.6) is 0 Å². The zero-order chi connectivity index (χ0) is 24.3. The first kappa shape index (κ1) is 25.8. The molecule has 1 heterocycles. The number of ether oxygens (including phenoxy) is 1. The Bertz CT molecular complexity index is 1120. The van der Waals surface area contributed by atoms with E-state index in [9.17, 15) is 8.78 Å². The summed E-state index contributed by atoms with van der Waals surface area (Å²) in [5.41, 5.74) is 2.72. The molecular weight excluding hydrogens is 428 g/mol. The van der Waals surface area contributed by atoms with Crippen molar-refractivity contribution in [2.45, 2.75) is 64.9 Å². The van der Waals surface area contributed by atoms with E-state index in [0.717, 1.165) is 55.2 Å². The Morgan fingerprint density at radius 3 is 2.68 bits per heavy atom. The van der Waals surface area contributed by atoms with E-state index in [1.807, 2.05) is 36.4 Å². The summed E-state index contributed by atoms with van der Waals surface area (Å²) in [5.74, 6) is -1.71. The molecule has 1 aromatic heterocycles. The minimum Gasteiger partial charge on any atom is -0.379 e.